The summed E-state index contributed by atoms with van der Waals surface area (Å²) in [7, 11) is 0. The van der Waals surface area contributed by atoms with Gasteiger partial charge in [-0.2, -0.15) is 0 Å². The van der Waals surface area contributed by atoms with Crippen molar-refractivity contribution in [3.8, 4) is 0 Å². The Morgan fingerprint density at radius 3 is 2.28 bits per heavy atom. The zero-order valence-electron chi connectivity index (χ0n) is 24.2. The molecular weight excluding hydrogens is 444 g/mol. The Bertz CT molecular complexity index is 985. The maximum absolute atomic E-state index is 12.0. The van der Waals surface area contributed by atoms with Crippen LogP contribution in [0.15, 0.2) is 47.8 Å². The van der Waals surface area contributed by atoms with E-state index >= 15 is 0 Å². The average molecular weight is 497 g/mol. The van der Waals surface area contributed by atoms with Crippen molar-refractivity contribution >= 4 is 0 Å². The molecule has 0 radical (unpaired) electrons. The minimum absolute atomic E-state index is 0.00712. The van der Waals surface area contributed by atoms with E-state index in [2.05, 4.69) is 80.7 Å². The quantitative estimate of drug-likeness (QED) is 0.260. The van der Waals surface area contributed by atoms with E-state index in [0.717, 1.165) is 38.5 Å². The van der Waals surface area contributed by atoms with Crippen LogP contribution in [0.3, 0.4) is 0 Å². The molecule has 3 N–H and O–H groups in total. The lowest BCUT2D eigenvalue weighted by molar-refractivity contribution is -0.0873. The lowest BCUT2D eigenvalue weighted by atomic mass is 9.44. The molecule has 9 atom stereocenters. The first-order valence-electron chi connectivity index (χ1n) is 14.4. The van der Waals surface area contributed by atoms with Gasteiger partial charge in [-0.15, -0.1) is 0 Å². The lowest BCUT2D eigenvalue weighted by Crippen LogP contribution is -2.55. The Morgan fingerprint density at radius 1 is 1.06 bits per heavy atom. The molecule has 0 aromatic heterocycles. The van der Waals surface area contributed by atoms with Gasteiger partial charge < -0.3 is 15.3 Å². The minimum Gasteiger partial charge on any atom is -0.513 e. The smallest absolute Gasteiger partial charge is 0.0885 e. The molecule has 1 unspecified atom stereocenters. The van der Waals surface area contributed by atoms with Crippen LogP contribution in [0.2, 0.25) is 0 Å². The predicted octanol–water partition coefficient (Wildman–Crippen LogP) is 7.77. The lowest BCUT2D eigenvalue weighted by Gasteiger charge is -2.61. The summed E-state index contributed by atoms with van der Waals surface area (Å²) >= 11 is 0. The fraction of sp³-hybridized carbons (Fsp3) is 0.758. The number of rotatable bonds is 6. The van der Waals surface area contributed by atoms with Gasteiger partial charge in [0.25, 0.3) is 0 Å². The highest BCUT2D eigenvalue weighted by Gasteiger charge is 2.69. The molecule has 2 saturated carbocycles. The third-order valence-electron chi connectivity index (χ3n) is 12.2. The monoisotopic (exact) mass is 496 g/mol. The number of allylic oxidation sites excluding steroid dienone is 5. The van der Waals surface area contributed by atoms with Gasteiger partial charge in [0.05, 0.1) is 18.0 Å². The van der Waals surface area contributed by atoms with Crippen molar-refractivity contribution in [2.45, 2.75) is 106 Å². The minimum atomic E-state index is -0.486. The molecule has 4 aliphatic rings. The van der Waals surface area contributed by atoms with E-state index in [9.17, 15) is 15.3 Å². The molecule has 0 saturated heterocycles. The SMILES string of the molecule is C=C(CCC(C(=C)O)[C@H]1[C@H](C)[C@H](O)[C@@]2(C)C3=CC[C@H]4C(C)(C)[C@@H](O)CC[C@]4(C)C3=CC[C@]12C)C(C)C. The second-order valence-corrected chi connectivity index (χ2v) is 14.4. The van der Waals surface area contributed by atoms with E-state index in [1.165, 1.54) is 16.7 Å². The van der Waals surface area contributed by atoms with Crippen LogP contribution >= 0.6 is 0 Å². The van der Waals surface area contributed by atoms with Crippen LogP contribution in [0.1, 0.15) is 93.9 Å². The molecule has 0 aliphatic heterocycles. The number of hydrogen-bond donors (Lipinski definition) is 3. The van der Waals surface area contributed by atoms with Gasteiger partial charge in [0, 0.05) is 11.3 Å². The van der Waals surface area contributed by atoms with Gasteiger partial charge in [-0.25, -0.2) is 0 Å². The highest BCUT2D eigenvalue weighted by atomic mass is 16.3. The number of hydrogen-bond acceptors (Lipinski definition) is 3. The molecule has 0 heterocycles. The topological polar surface area (TPSA) is 60.7 Å². The van der Waals surface area contributed by atoms with Crippen LogP contribution in [-0.4, -0.2) is 27.5 Å². The third kappa shape index (κ3) is 3.58. The zero-order valence-corrected chi connectivity index (χ0v) is 24.2. The van der Waals surface area contributed by atoms with E-state index in [0.29, 0.717) is 11.8 Å². The van der Waals surface area contributed by atoms with Crippen molar-refractivity contribution in [3.05, 3.63) is 47.8 Å². The summed E-state index contributed by atoms with van der Waals surface area (Å²) in [6, 6.07) is 0. The fourth-order valence-electron chi connectivity index (χ4n) is 9.52. The van der Waals surface area contributed by atoms with E-state index in [1.54, 1.807) is 0 Å². The summed E-state index contributed by atoms with van der Waals surface area (Å²) in [5, 5.41) is 33.7. The van der Waals surface area contributed by atoms with Crippen LogP contribution in [0.4, 0.5) is 0 Å². The molecule has 36 heavy (non-hydrogen) atoms. The summed E-state index contributed by atoms with van der Waals surface area (Å²) in [6.07, 6.45) is 9.47. The Labute approximate surface area is 220 Å². The average Bonchev–Trinajstić information content (AvgIpc) is 2.94. The predicted molar refractivity (Wildman–Crippen MR) is 149 cm³/mol. The molecule has 4 aliphatic carbocycles. The first kappa shape index (κ1) is 27.7. The maximum atomic E-state index is 12.0. The van der Waals surface area contributed by atoms with Gasteiger partial charge in [0.15, 0.2) is 0 Å². The molecule has 4 rings (SSSR count). The largest absolute Gasteiger partial charge is 0.513 e. The van der Waals surface area contributed by atoms with Crippen molar-refractivity contribution in [3.63, 3.8) is 0 Å². The van der Waals surface area contributed by atoms with E-state index in [4.69, 9.17) is 0 Å². The number of aliphatic hydroxyl groups is 3. The van der Waals surface area contributed by atoms with Crippen LogP contribution in [0.25, 0.3) is 0 Å². The Kier molecular flexibility index (Phi) is 6.83. The fourth-order valence-corrected chi connectivity index (χ4v) is 9.52. The number of aliphatic hydroxyl groups excluding tert-OH is 3. The third-order valence-corrected chi connectivity index (χ3v) is 12.2. The molecule has 3 nitrogen and oxygen atoms in total. The van der Waals surface area contributed by atoms with Gasteiger partial charge in [-0.1, -0.05) is 86.3 Å². The number of fused-ring (bicyclic) bond motifs is 5. The second-order valence-electron chi connectivity index (χ2n) is 14.4. The summed E-state index contributed by atoms with van der Waals surface area (Å²) in [6.45, 7) is 26.4. The van der Waals surface area contributed by atoms with Gasteiger partial charge >= 0.3 is 0 Å². The van der Waals surface area contributed by atoms with E-state index < -0.39 is 11.5 Å². The van der Waals surface area contributed by atoms with Crippen LogP contribution in [-0.2, 0) is 0 Å². The van der Waals surface area contributed by atoms with Crippen molar-refractivity contribution in [2.24, 2.45) is 51.2 Å². The summed E-state index contributed by atoms with van der Waals surface area (Å²) in [5.41, 5.74) is 3.24. The standard InChI is InChI=1S/C33H52O3/c1-19(2)20(3)11-12-23(22(5)34)28-21(4)29(36)33(10)25-13-14-26-30(6,7)27(35)16-17-31(26,8)24(25)15-18-32(28,33)9/h13,15,19,21,23,26-29,34-36H,3,5,11-12,14,16-18H2,1-2,4,6-10H3/t21-,23?,26-,27-,28+,29-,31+,32+,33+/m0/s1. The molecule has 3 heteroatoms. The zero-order chi connectivity index (χ0) is 27.0. The summed E-state index contributed by atoms with van der Waals surface area (Å²) in [4.78, 5) is 0. The van der Waals surface area contributed by atoms with Gasteiger partial charge in [0.1, 0.15) is 0 Å². The summed E-state index contributed by atoms with van der Waals surface area (Å²) < 4.78 is 0. The highest BCUT2D eigenvalue weighted by molar-refractivity contribution is 5.51. The van der Waals surface area contributed by atoms with Gasteiger partial charge in [-0.05, 0) is 89.6 Å². The van der Waals surface area contributed by atoms with E-state index in [-0.39, 0.29) is 45.9 Å². The Balaban J connectivity index is 1.77. The van der Waals surface area contributed by atoms with Crippen molar-refractivity contribution < 1.29 is 15.3 Å². The highest BCUT2D eigenvalue weighted by Crippen LogP contribution is 2.73. The second kappa shape index (κ2) is 8.87. The van der Waals surface area contributed by atoms with Crippen molar-refractivity contribution in [1.29, 1.82) is 0 Å². The van der Waals surface area contributed by atoms with Crippen LogP contribution < -0.4 is 0 Å². The van der Waals surface area contributed by atoms with Gasteiger partial charge in [-0.3, -0.25) is 0 Å². The molecule has 202 valence electrons. The molecule has 2 fully saturated rings. The van der Waals surface area contributed by atoms with Crippen LogP contribution in [0.5, 0.6) is 0 Å². The first-order chi connectivity index (χ1) is 16.5. The first-order valence-corrected chi connectivity index (χ1v) is 14.4. The normalized spacial score (nSPS) is 44.1. The molecule has 0 aromatic rings. The molecular formula is C33H52O3. The molecule has 0 bridgehead atoms. The maximum Gasteiger partial charge on any atom is 0.0885 e. The molecule has 0 aromatic carbocycles. The van der Waals surface area contributed by atoms with Crippen LogP contribution in [0, 0.1) is 51.2 Å². The van der Waals surface area contributed by atoms with E-state index in [1.807, 2.05) is 0 Å². The van der Waals surface area contributed by atoms with Crippen molar-refractivity contribution in [1.82, 2.24) is 0 Å². The van der Waals surface area contributed by atoms with Crippen molar-refractivity contribution in [2.75, 3.05) is 0 Å². The van der Waals surface area contributed by atoms with Gasteiger partial charge in [0.2, 0.25) is 0 Å². The molecule has 0 spiro atoms. The Hall–Kier alpha value is -1.32. The molecule has 0 amide bonds. The Morgan fingerprint density at radius 2 is 1.69 bits per heavy atom. The summed E-state index contributed by atoms with van der Waals surface area (Å²) in [5.74, 6) is 1.17.